The predicted octanol–water partition coefficient (Wildman–Crippen LogP) is 5.07. The van der Waals surface area contributed by atoms with Crippen LogP contribution < -0.4 is 4.90 Å². The van der Waals surface area contributed by atoms with Crippen LogP contribution in [0.4, 0.5) is 5.82 Å². The van der Waals surface area contributed by atoms with Crippen molar-refractivity contribution < 1.29 is 23.9 Å². The minimum atomic E-state index is -2.16. The molecule has 5 rings (SSSR count). The van der Waals surface area contributed by atoms with Crippen molar-refractivity contribution in [1.82, 2.24) is 9.97 Å². The molecular formula is C24H28ClN3O5P2. The number of anilines is 1. The third kappa shape index (κ3) is 6.10. The molecule has 11 heteroatoms. The molecule has 1 aromatic heterocycles. The standard InChI is InChI=1S/C24H28ClN3O5P2/c25-24-26-21-12-17(22-9-7-19(33-22)14-32-35(31)15-34(29)30)6-8-20(21)23(27-24)28-11-10-18(13-28)16-4-2-1-3-5-16/h1-6,8,12,18-19,22,29-31H,7,9-11,13-15H2. The Morgan fingerprint density at radius 2 is 1.86 bits per heavy atom. The molecular weight excluding hydrogens is 508 g/mol. The van der Waals surface area contributed by atoms with E-state index in [4.69, 9.17) is 30.6 Å². The van der Waals surface area contributed by atoms with Crippen LogP contribution in [0.15, 0.2) is 48.5 Å². The van der Waals surface area contributed by atoms with Gasteiger partial charge in [-0.2, -0.15) is 4.98 Å². The lowest BCUT2D eigenvalue weighted by atomic mass is 9.99. The van der Waals surface area contributed by atoms with Gasteiger partial charge in [0.1, 0.15) is 5.82 Å². The first kappa shape index (κ1) is 25.2. The summed E-state index contributed by atoms with van der Waals surface area (Å²) in [6.45, 7) is 2.04. The monoisotopic (exact) mass is 535 g/mol. The number of fused-ring (bicyclic) bond motifs is 1. The van der Waals surface area contributed by atoms with Gasteiger partial charge in [-0.3, -0.25) is 0 Å². The van der Waals surface area contributed by atoms with Crippen molar-refractivity contribution in [3.63, 3.8) is 0 Å². The molecule has 2 saturated heterocycles. The summed E-state index contributed by atoms with van der Waals surface area (Å²) in [6.07, 6.45) is 2.44. The summed E-state index contributed by atoms with van der Waals surface area (Å²) in [5.41, 5.74) is 3.16. The molecule has 0 spiro atoms. The summed E-state index contributed by atoms with van der Waals surface area (Å²) in [6, 6.07) is 16.7. The van der Waals surface area contributed by atoms with E-state index in [9.17, 15) is 4.89 Å². The van der Waals surface area contributed by atoms with E-state index >= 15 is 0 Å². The van der Waals surface area contributed by atoms with Crippen LogP contribution in [0.25, 0.3) is 10.9 Å². The lowest BCUT2D eigenvalue weighted by molar-refractivity contribution is 0.0178. The van der Waals surface area contributed by atoms with E-state index in [1.165, 1.54) is 5.56 Å². The zero-order chi connectivity index (χ0) is 24.4. The highest BCUT2D eigenvalue weighted by Gasteiger charge is 2.29. The molecule has 2 aliphatic rings. The topological polar surface area (TPSA) is 108 Å². The van der Waals surface area contributed by atoms with Crippen LogP contribution in [0.5, 0.6) is 0 Å². The molecule has 0 aliphatic carbocycles. The molecule has 3 heterocycles. The van der Waals surface area contributed by atoms with Crippen molar-refractivity contribution in [2.45, 2.75) is 37.4 Å². The largest absolute Gasteiger partial charge is 0.368 e. The summed E-state index contributed by atoms with van der Waals surface area (Å²) in [5, 5.41) is 1.20. The van der Waals surface area contributed by atoms with E-state index in [1.54, 1.807) is 0 Å². The summed E-state index contributed by atoms with van der Waals surface area (Å²) in [5.74, 6) is 1.21. The summed E-state index contributed by atoms with van der Waals surface area (Å²) in [7, 11) is -4.01. The maximum absolute atomic E-state index is 9.76. The van der Waals surface area contributed by atoms with Crippen LogP contribution in [0.3, 0.4) is 0 Å². The minimum absolute atomic E-state index is 0.0998. The first-order valence-corrected chi connectivity index (χ1v) is 14.8. The minimum Gasteiger partial charge on any atom is -0.368 e. The number of rotatable bonds is 8. The summed E-state index contributed by atoms with van der Waals surface area (Å²) < 4.78 is 11.5. The Balaban J connectivity index is 1.28. The van der Waals surface area contributed by atoms with E-state index < -0.39 is 16.8 Å². The molecule has 2 aliphatic heterocycles. The highest BCUT2D eigenvalue weighted by atomic mass is 35.5. The van der Waals surface area contributed by atoms with Crippen LogP contribution in [-0.2, 0) is 9.26 Å². The second kappa shape index (κ2) is 11.3. The SMILES string of the molecule is OP(O)CP(O)OCC1CCC(c2ccc3c(N4CCC(c5ccccc5)C4)nc(Cl)nc3c2)O1. The molecule has 0 saturated carbocycles. The molecule has 3 aromatic rings. The number of hydrogen-bond acceptors (Lipinski definition) is 8. The van der Waals surface area contributed by atoms with Crippen LogP contribution in [-0.4, -0.2) is 56.4 Å². The Labute approximate surface area is 211 Å². The van der Waals surface area contributed by atoms with Gasteiger partial charge >= 0.3 is 0 Å². The number of hydrogen-bond donors (Lipinski definition) is 3. The van der Waals surface area contributed by atoms with Crippen molar-refractivity contribution in [2.24, 2.45) is 0 Å². The second-order valence-corrected chi connectivity index (χ2v) is 12.1. The highest BCUT2D eigenvalue weighted by Crippen LogP contribution is 2.45. The fourth-order valence-corrected chi connectivity index (χ4v) is 6.59. The van der Waals surface area contributed by atoms with Gasteiger partial charge in [0.2, 0.25) is 5.28 Å². The maximum Gasteiger partial charge on any atom is 0.224 e. The molecule has 0 bridgehead atoms. The van der Waals surface area contributed by atoms with Gasteiger partial charge in [-0.25, -0.2) is 4.98 Å². The Bertz CT molecular complexity index is 1160. The quantitative estimate of drug-likeness (QED) is 0.271. The van der Waals surface area contributed by atoms with Gasteiger partial charge < -0.3 is 28.8 Å². The highest BCUT2D eigenvalue weighted by molar-refractivity contribution is 7.63. The first-order valence-electron chi connectivity index (χ1n) is 11.6. The van der Waals surface area contributed by atoms with Gasteiger partial charge in [0, 0.05) is 24.4 Å². The third-order valence-corrected chi connectivity index (χ3v) is 9.16. The molecule has 0 amide bonds. The Kier molecular flexibility index (Phi) is 8.12. The molecule has 35 heavy (non-hydrogen) atoms. The lowest BCUT2D eigenvalue weighted by Crippen LogP contribution is -2.21. The molecule has 0 radical (unpaired) electrons. The Hall–Kier alpha value is -1.47. The molecule has 8 nitrogen and oxygen atoms in total. The van der Waals surface area contributed by atoms with E-state index in [1.807, 2.05) is 12.1 Å². The van der Waals surface area contributed by atoms with Crippen molar-refractivity contribution in [3.8, 4) is 0 Å². The molecule has 4 atom stereocenters. The fraction of sp³-hybridized carbons (Fsp3) is 0.417. The van der Waals surface area contributed by atoms with Crippen molar-refractivity contribution in [1.29, 1.82) is 0 Å². The fourth-order valence-electron chi connectivity index (χ4n) is 4.89. The van der Waals surface area contributed by atoms with Crippen molar-refractivity contribution in [3.05, 3.63) is 64.9 Å². The summed E-state index contributed by atoms with van der Waals surface area (Å²) in [4.78, 5) is 39.2. The predicted molar refractivity (Wildman–Crippen MR) is 139 cm³/mol. The van der Waals surface area contributed by atoms with Crippen LogP contribution in [0, 0.1) is 0 Å². The number of ether oxygens (including phenoxy) is 1. The zero-order valence-corrected chi connectivity index (χ0v) is 21.6. The normalized spacial score (nSPS) is 23.5. The average molecular weight is 536 g/mol. The van der Waals surface area contributed by atoms with Crippen LogP contribution in [0.2, 0.25) is 5.28 Å². The van der Waals surface area contributed by atoms with Gasteiger partial charge in [-0.15, -0.1) is 0 Å². The van der Waals surface area contributed by atoms with E-state index in [0.29, 0.717) is 5.92 Å². The number of nitrogens with zero attached hydrogens (tertiary/aromatic N) is 3. The Morgan fingerprint density at radius 1 is 1.03 bits per heavy atom. The lowest BCUT2D eigenvalue weighted by Gasteiger charge is -2.20. The molecule has 186 valence electrons. The number of benzene rings is 2. The Morgan fingerprint density at radius 3 is 2.66 bits per heavy atom. The van der Waals surface area contributed by atoms with Gasteiger partial charge in [-0.05, 0) is 54.1 Å². The van der Waals surface area contributed by atoms with Crippen molar-refractivity contribution in [2.75, 3.05) is 30.5 Å². The number of aromatic nitrogens is 2. The van der Waals surface area contributed by atoms with Crippen LogP contribution in [0.1, 0.15) is 42.4 Å². The molecule has 4 unspecified atom stereocenters. The van der Waals surface area contributed by atoms with Crippen molar-refractivity contribution >= 4 is 45.1 Å². The molecule has 3 N–H and O–H groups in total. The number of halogens is 1. The van der Waals surface area contributed by atoms with Gasteiger partial charge in [0.15, 0.2) is 16.8 Å². The second-order valence-electron chi connectivity index (χ2n) is 8.92. The van der Waals surface area contributed by atoms with E-state index in [0.717, 1.165) is 54.6 Å². The van der Waals surface area contributed by atoms with Gasteiger partial charge in [0.05, 0.1) is 30.2 Å². The van der Waals surface area contributed by atoms with Crippen LogP contribution >= 0.6 is 28.4 Å². The first-order chi connectivity index (χ1) is 17.0. The smallest absolute Gasteiger partial charge is 0.224 e. The maximum atomic E-state index is 9.76. The van der Waals surface area contributed by atoms with E-state index in [2.05, 4.69) is 51.3 Å². The molecule has 2 aromatic carbocycles. The third-order valence-electron chi connectivity index (χ3n) is 6.57. The van der Waals surface area contributed by atoms with E-state index in [-0.39, 0.29) is 30.0 Å². The van der Waals surface area contributed by atoms with Gasteiger partial charge in [-0.1, -0.05) is 36.4 Å². The van der Waals surface area contributed by atoms with Gasteiger partial charge in [0.25, 0.3) is 0 Å². The zero-order valence-electron chi connectivity index (χ0n) is 19.1. The summed E-state index contributed by atoms with van der Waals surface area (Å²) >= 11 is 6.34. The molecule has 2 fully saturated rings. The average Bonchev–Trinajstić information content (AvgIpc) is 3.52.